The normalized spacial score (nSPS) is 17.2. The number of amides is 1. The predicted octanol–water partition coefficient (Wildman–Crippen LogP) is 1.84. The monoisotopic (exact) mass is 247 g/mol. The molecule has 1 aromatic rings. The van der Waals surface area contributed by atoms with Crippen molar-refractivity contribution in [3.05, 3.63) is 22.6 Å². The summed E-state index contributed by atoms with van der Waals surface area (Å²) in [5, 5.41) is 0. The van der Waals surface area contributed by atoms with Gasteiger partial charge < -0.3 is 9.32 Å². The molecule has 3 nitrogen and oxygen atoms in total. The fourth-order valence-corrected chi connectivity index (χ4v) is 1.54. The third kappa shape index (κ3) is 1.60. The van der Waals surface area contributed by atoms with Gasteiger partial charge in [0.1, 0.15) is 12.4 Å². The van der Waals surface area contributed by atoms with Gasteiger partial charge in [-0.1, -0.05) is 0 Å². The van der Waals surface area contributed by atoms with E-state index in [-0.39, 0.29) is 19.0 Å². The highest BCUT2D eigenvalue weighted by Crippen LogP contribution is 2.19. The average Bonchev–Trinajstić information content (AvgIpc) is 2.45. The average molecular weight is 248 g/mol. The Kier molecular flexibility index (Phi) is 2.11. The maximum atomic E-state index is 12.4. The minimum absolute atomic E-state index is 0.177. The molecule has 2 heterocycles. The van der Waals surface area contributed by atoms with Gasteiger partial charge in [0.15, 0.2) is 4.67 Å². The summed E-state index contributed by atoms with van der Waals surface area (Å²) in [6.45, 7) is 0.392. The molecule has 0 N–H and O–H groups in total. The van der Waals surface area contributed by atoms with E-state index in [2.05, 4.69) is 15.9 Å². The molecule has 1 fully saturated rings. The Hall–Kier alpha value is -0.840. The van der Waals surface area contributed by atoms with Gasteiger partial charge in [-0.15, -0.1) is 0 Å². The summed E-state index contributed by atoms with van der Waals surface area (Å²) in [4.78, 5) is 12.9. The third-order valence-electron chi connectivity index (χ3n) is 1.94. The number of likely N-dealkylation sites (tertiary alicyclic amines) is 1. The second-order valence-corrected chi connectivity index (χ2v) is 3.73. The fourth-order valence-electron chi connectivity index (χ4n) is 1.20. The van der Waals surface area contributed by atoms with Crippen LogP contribution in [0, 0.1) is 0 Å². The van der Waals surface area contributed by atoms with E-state index in [0.717, 1.165) is 0 Å². The van der Waals surface area contributed by atoms with E-state index in [1.165, 1.54) is 11.2 Å². The van der Waals surface area contributed by atoms with Crippen LogP contribution in [0.1, 0.15) is 10.4 Å². The Morgan fingerprint density at radius 2 is 2.38 bits per heavy atom. The van der Waals surface area contributed by atoms with Crippen molar-refractivity contribution in [1.29, 1.82) is 0 Å². The van der Waals surface area contributed by atoms with Gasteiger partial charge in [-0.05, 0) is 15.9 Å². The van der Waals surface area contributed by atoms with Crippen LogP contribution in [-0.2, 0) is 0 Å². The number of alkyl halides is 1. The molecule has 1 aromatic heterocycles. The van der Waals surface area contributed by atoms with Crippen molar-refractivity contribution in [2.24, 2.45) is 0 Å². The highest BCUT2D eigenvalue weighted by atomic mass is 79.9. The molecule has 0 spiro atoms. The van der Waals surface area contributed by atoms with E-state index in [0.29, 0.717) is 10.2 Å². The number of rotatable bonds is 1. The Bertz CT molecular complexity index is 333. The lowest BCUT2D eigenvalue weighted by atomic mass is 10.1. The second kappa shape index (κ2) is 3.14. The van der Waals surface area contributed by atoms with Crippen molar-refractivity contribution in [3.8, 4) is 0 Å². The van der Waals surface area contributed by atoms with Gasteiger partial charge in [0.2, 0.25) is 0 Å². The Balaban J connectivity index is 2.06. The van der Waals surface area contributed by atoms with Crippen LogP contribution in [0.4, 0.5) is 4.39 Å². The number of furan rings is 1. The molecule has 1 aliphatic rings. The maximum absolute atomic E-state index is 12.4. The summed E-state index contributed by atoms with van der Waals surface area (Å²) in [5.74, 6) is -0.177. The molecule has 13 heavy (non-hydrogen) atoms. The van der Waals surface area contributed by atoms with E-state index in [9.17, 15) is 9.18 Å². The van der Waals surface area contributed by atoms with E-state index >= 15 is 0 Å². The van der Waals surface area contributed by atoms with Crippen molar-refractivity contribution < 1.29 is 13.6 Å². The molecule has 5 heteroatoms. The van der Waals surface area contributed by atoms with E-state index in [1.807, 2.05) is 0 Å². The van der Waals surface area contributed by atoms with Crippen LogP contribution in [0.25, 0.3) is 0 Å². The van der Waals surface area contributed by atoms with Crippen molar-refractivity contribution in [3.63, 3.8) is 0 Å². The number of carbonyl (C=O) groups is 1. The van der Waals surface area contributed by atoms with Crippen LogP contribution in [0.5, 0.6) is 0 Å². The van der Waals surface area contributed by atoms with Crippen molar-refractivity contribution >= 4 is 21.8 Å². The van der Waals surface area contributed by atoms with Crippen LogP contribution < -0.4 is 0 Å². The van der Waals surface area contributed by atoms with E-state index < -0.39 is 6.17 Å². The fraction of sp³-hybridized carbons (Fsp3) is 0.375. The van der Waals surface area contributed by atoms with Gasteiger partial charge in [-0.25, -0.2) is 4.39 Å². The van der Waals surface area contributed by atoms with Crippen LogP contribution in [0.2, 0.25) is 0 Å². The summed E-state index contributed by atoms with van der Waals surface area (Å²) in [7, 11) is 0. The molecule has 0 aromatic carbocycles. The number of hydrogen-bond donors (Lipinski definition) is 0. The van der Waals surface area contributed by atoms with Crippen LogP contribution in [0.15, 0.2) is 21.4 Å². The maximum Gasteiger partial charge on any atom is 0.257 e. The Labute approximate surface area is 82.6 Å². The zero-order valence-corrected chi connectivity index (χ0v) is 8.25. The minimum Gasteiger partial charge on any atom is -0.457 e. The molecule has 0 unspecified atom stereocenters. The lowest BCUT2D eigenvalue weighted by molar-refractivity contribution is 0.0399. The molecule has 1 amide bonds. The number of halogens is 2. The number of hydrogen-bond acceptors (Lipinski definition) is 2. The van der Waals surface area contributed by atoms with Crippen molar-refractivity contribution in [1.82, 2.24) is 4.90 Å². The number of carbonyl (C=O) groups excluding carboxylic acids is 1. The van der Waals surface area contributed by atoms with Gasteiger partial charge in [-0.3, -0.25) is 4.79 Å². The summed E-state index contributed by atoms with van der Waals surface area (Å²) >= 11 is 3.09. The molecule has 1 aliphatic heterocycles. The zero-order chi connectivity index (χ0) is 9.42. The van der Waals surface area contributed by atoms with Gasteiger partial charge in [0, 0.05) is 6.07 Å². The van der Waals surface area contributed by atoms with Crippen molar-refractivity contribution in [2.45, 2.75) is 6.17 Å². The highest BCUT2D eigenvalue weighted by molar-refractivity contribution is 9.10. The van der Waals surface area contributed by atoms with Gasteiger partial charge in [0.05, 0.1) is 18.7 Å². The smallest absolute Gasteiger partial charge is 0.257 e. The predicted molar refractivity (Wildman–Crippen MR) is 47.2 cm³/mol. The van der Waals surface area contributed by atoms with Crippen LogP contribution in [0.3, 0.4) is 0 Å². The van der Waals surface area contributed by atoms with E-state index in [4.69, 9.17) is 4.42 Å². The first kappa shape index (κ1) is 8.74. The summed E-state index contributed by atoms with van der Waals surface area (Å²) in [6.07, 6.45) is 0.497. The molecule has 0 aliphatic carbocycles. The Morgan fingerprint density at radius 3 is 2.85 bits per heavy atom. The SMILES string of the molecule is O=C(c1coc(Br)c1)N1CC(F)C1. The van der Waals surface area contributed by atoms with Gasteiger partial charge >= 0.3 is 0 Å². The lowest BCUT2D eigenvalue weighted by Gasteiger charge is -2.33. The Morgan fingerprint density at radius 1 is 1.69 bits per heavy atom. The quantitative estimate of drug-likeness (QED) is 0.759. The van der Waals surface area contributed by atoms with Crippen LogP contribution in [-0.4, -0.2) is 30.1 Å². The first-order valence-corrected chi connectivity index (χ1v) is 4.63. The lowest BCUT2D eigenvalue weighted by Crippen LogP contribution is -2.51. The molecule has 0 radical (unpaired) electrons. The van der Waals surface area contributed by atoms with Gasteiger partial charge in [0.25, 0.3) is 5.91 Å². The largest absolute Gasteiger partial charge is 0.457 e. The summed E-state index contributed by atoms with van der Waals surface area (Å²) < 4.78 is 17.8. The first-order valence-electron chi connectivity index (χ1n) is 3.84. The standard InChI is InChI=1S/C8H7BrFNO2/c9-7-1-5(4-13-7)8(12)11-2-6(10)3-11/h1,4,6H,2-3H2. The molecule has 70 valence electrons. The molecule has 0 saturated carbocycles. The summed E-state index contributed by atoms with van der Waals surface area (Å²) in [5.41, 5.74) is 0.457. The molecular weight excluding hydrogens is 241 g/mol. The van der Waals surface area contributed by atoms with Crippen LogP contribution >= 0.6 is 15.9 Å². The summed E-state index contributed by atoms with van der Waals surface area (Å²) in [6, 6.07) is 1.58. The number of nitrogens with zero attached hydrogens (tertiary/aromatic N) is 1. The highest BCUT2D eigenvalue weighted by Gasteiger charge is 2.31. The second-order valence-electron chi connectivity index (χ2n) is 2.95. The third-order valence-corrected chi connectivity index (χ3v) is 2.35. The molecule has 0 bridgehead atoms. The topological polar surface area (TPSA) is 33.5 Å². The molecule has 1 saturated heterocycles. The first-order chi connectivity index (χ1) is 6.16. The molecular formula is C8H7BrFNO2. The van der Waals surface area contributed by atoms with Crippen molar-refractivity contribution in [2.75, 3.05) is 13.1 Å². The van der Waals surface area contributed by atoms with Gasteiger partial charge in [-0.2, -0.15) is 0 Å². The molecule has 2 rings (SSSR count). The van der Waals surface area contributed by atoms with E-state index in [1.54, 1.807) is 6.07 Å². The molecule has 0 atom stereocenters. The minimum atomic E-state index is -0.862. The zero-order valence-electron chi connectivity index (χ0n) is 6.67.